The third-order valence-corrected chi connectivity index (χ3v) is 4.96. The number of nitrogens with one attached hydrogen (secondary N) is 1. The van der Waals surface area contributed by atoms with E-state index in [1.807, 2.05) is 0 Å². The van der Waals surface area contributed by atoms with Crippen LogP contribution in [0.25, 0.3) is 0 Å². The van der Waals surface area contributed by atoms with E-state index in [0.29, 0.717) is 16.9 Å². The van der Waals surface area contributed by atoms with Gasteiger partial charge in [0.1, 0.15) is 0 Å². The molecule has 0 aliphatic heterocycles. The van der Waals surface area contributed by atoms with Crippen LogP contribution in [0.1, 0.15) is 27.6 Å². The number of nitrogens with zero attached hydrogens (tertiary/aromatic N) is 1. The van der Waals surface area contributed by atoms with Crippen LogP contribution in [0.2, 0.25) is 0 Å². The lowest BCUT2D eigenvalue weighted by atomic mass is 10.1. The van der Waals surface area contributed by atoms with Gasteiger partial charge in [0.2, 0.25) is 10.0 Å². The highest BCUT2D eigenvalue weighted by atomic mass is 32.2. The summed E-state index contributed by atoms with van der Waals surface area (Å²) in [7, 11) is -2.12. The molecular weight excluding hydrogens is 356 g/mol. The lowest BCUT2D eigenvalue weighted by Gasteiger charge is -2.20. The summed E-state index contributed by atoms with van der Waals surface area (Å²) in [6.07, 6.45) is 1.13. The quantitative estimate of drug-likeness (QED) is 0.782. The summed E-state index contributed by atoms with van der Waals surface area (Å²) in [6.45, 7) is 2.02. The molecule has 0 bridgehead atoms. The maximum atomic E-state index is 12.4. The minimum Gasteiger partial charge on any atom is -0.465 e. The Labute approximate surface area is 152 Å². The Morgan fingerprint density at radius 3 is 2.23 bits per heavy atom. The first-order valence-corrected chi connectivity index (χ1v) is 9.69. The molecule has 0 aliphatic carbocycles. The van der Waals surface area contributed by atoms with Crippen molar-refractivity contribution < 1.29 is 22.7 Å². The van der Waals surface area contributed by atoms with Gasteiger partial charge in [-0.25, -0.2) is 13.2 Å². The van der Waals surface area contributed by atoms with Crippen LogP contribution < -0.4 is 9.62 Å². The number of ether oxygens (including phenoxy) is 1. The Kier molecular flexibility index (Phi) is 5.99. The highest BCUT2D eigenvalue weighted by molar-refractivity contribution is 7.92. The maximum absolute atomic E-state index is 12.4. The van der Waals surface area contributed by atoms with E-state index < -0.39 is 21.9 Å². The molecule has 0 atom stereocenters. The molecule has 138 valence electrons. The Balaban J connectivity index is 2.23. The first-order valence-electron chi connectivity index (χ1n) is 7.84. The van der Waals surface area contributed by atoms with Crippen LogP contribution in [-0.4, -0.2) is 40.2 Å². The molecule has 0 saturated carbocycles. The van der Waals surface area contributed by atoms with Crippen molar-refractivity contribution in [2.45, 2.75) is 6.92 Å². The monoisotopic (exact) mass is 376 g/mol. The molecule has 0 spiro atoms. The van der Waals surface area contributed by atoms with Gasteiger partial charge in [0, 0.05) is 12.1 Å². The van der Waals surface area contributed by atoms with Crippen LogP contribution in [-0.2, 0) is 14.8 Å². The number of sulfonamides is 1. The fourth-order valence-corrected chi connectivity index (χ4v) is 3.44. The van der Waals surface area contributed by atoms with Gasteiger partial charge in [-0.05, 0) is 43.3 Å². The lowest BCUT2D eigenvalue weighted by Crippen LogP contribution is -2.29. The molecule has 0 fully saturated rings. The van der Waals surface area contributed by atoms with Gasteiger partial charge >= 0.3 is 5.97 Å². The van der Waals surface area contributed by atoms with Crippen molar-refractivity contribution in [1.29, 1.82) is 0 Å². The molecule has 2 rings (SSSR count). The maximum Gasteiger partial charge on any atom is 0.339 e. The largest absolute Gasteiger partial charge is 0.465 e. The topological polar surface area (TPSA) is 92.8 Å². The van der Waals surface area contributed by atoms with Gasteiger partial charge in [0.05, 0.1) is 30.3 Å². The second-order valence-electron chi connectivity index (χ2n) is 5.47. The van der Waals surface area contributed by atoms with E-state index in [2.05, 4.69) is 5.32 Å². The zero-order chi connectivity index (χ0) is 19.3. The minimum atomic E-state index is -3.39. The number of methoxy groups -OCH3 is 1. The van der Waals surface area contributed by atoms with E-state index in [1.54, 1.807) is 43.3 Å². The number of carbonyl (C=O) groups is 2. The zero-order valence-corrected chi connectivity index (χ0v) is 15.5. The smallest absolute Gasteiger partial charge is 0.339 e. The van der Waals surface area contributed by atoms with Gasteiger partial charge in [-0.3, -0.25) is 9.10 Å². The number of rotatable bonds is 6. The van der Waals surface area contributed by atoms with Crippen LogP contribution in [0.5, 0.6) is 0 Å². The Morgan fingerprint density at radius 1 is 1.08 bits per heavy atom. The van der Waals surface area contributed by atoms with Gasteiger partial charge in [0.25, 0.3) is 5.91 Å². The molecule has 1 N–H and O–H groups in total. The summed E-state index contributed by atoms with van der Waals surface area (Å²) in [5.74, 6) is -0.974. The van der Waals surface area contributed by atoms with Crippen LogP contribution in [0, 0.1) is 0 Å². The third kappa shape index (κ3) is 4.40. The van der Waals surface area contributed by atoms with Crippen LogP contribution in [0.4, 0.5) is 11.4 Å². The summed E-state index contributed by atoms with van der Waals surface area (Å²) < 4.78 is 29.4. The summed E-state index contributed by atoms with van der Waals surface area (Å²) in [5, 5.41) is 2.66. The molecule has 0 radical (unpaired) electrons. The predicted octanol–water partition coefficient (Wildman–Crippen LogP) is 2.51. The number of hydrogen-bond donors (Lipinski definition) is 1. The van der Waals surface area contributed by atoms with Crippen molar-refractivity contribution >= 4 is 33.3 Å². The standard InChI is InChI=1S/C18H20N2O5S/c1-4-20(26(3,23)24)14-11-9-13(10-12-14)17(21)19-16-8-6-5-7-15(16)18(22)25-2/h5-12H,4H2,1-3H3,(H,19,21). The molecule has 0 saturated heterocycles. The Morgan fingerprint density at radius 2 is 1.69 bits per heavy atom. The molecule has 8 heteroatoms. The van der Waals surface area contributed by atoms with Crippen LogP contribution in [0.15, 0.2) is 48.5 Å². The normalized spacial score (nSPS) is 10.9. The van der Waals surface area contributed by atoms with Gasteiger partial charge in [-0.1, -0.05) is 12.1 Å². The van der Waals surface area contributed by atoms with Crippen molar-refractivity contribution in [3.63, 3.8) is 0 Å². The number of benzene rings is 2. The molecule has 2 aromatic rings. The molecule has 0 aliphatic rings. The number of hydrogen-bond acceptors (Lipinski definition) is 5. The number of amides is 1. The van der Waals surface area contributed by atoms with Crippen molar-refractivity contribution in [3.05, 3.63) is 59.7 Å². The SMILES string of the molecule is CCN(c1ccc(C(=O)Nc2ccccc2C(=O)OC)cc1)S(C)(=O)=O. The Bertz CT molecular complexity index is 907. The number of para-hydroxylation sites is 1. The molecule has 0 unspecified atom stereocenters. The molecule has 2 aromatic carbocycles. The predicted molar refractivity (Wildman–Crippen MR) is 100 cm³/mol. The molecule has 1 amide bonds. The summed E-state index contributed by atoms with van der Waals surface area (Å²) in [4.78, 5) is 24.2. The summed E-state index contributed by atoms with van der Waals surface area (Å²) in [6, 6.07) is 12.7. The summed E-state index contributed by atoms with van der Waals surface area (Å²) >= 11 is 0. The van der Waals surface area contributed by atoms with E-state index in [0.717, 1.165) is 6.26 Å². The Hall–Kier alpha value is -2.87. The number of anilines is 2. The van der Waals surface area contributed by atoms with Crippen molar-refractivity contribution in [2.24, 2.45) is 0 Å². The number of carbonyl (C=O) groups excluding carboxylic acids is 2. The van der Waals surface area contributed by atoms with Crippen molar-refractivity contribution in [1.82, 2.24) is 0 Å². The minimum absolute atomic E-state index is 0.245. The highest BCUT2D eigenvalue weighted by Crippen LogP contribution is 2.20. The first kappa shape index (κ1) is 19.5. The fraction of sp³-hybridized carbons (Fsp3) is 0.222. The van der Waals surface area contributed by atoms with E-state index in [9.17, 15) is 18.0 Å². The third-order valence-electron chi connectivity index (χ3n) is 3.69. The zero-order valence-electron chi connectivity index (χ0n) is 14.7. The second-order valence-corrected chi connectivity index (χ2v) is 7.37. The number of esters is 1. The van der Waals surface area contributed by atoms with E-state index >= 15 is 0 Å². The molecule has 0 aromatic heterocycles. The van der Waals surface area contributed by atoms with Gasteiger partial charge < -0.3 is 10.1 Å². The van der Waals surface area contributed by atoms with E-state index in [4.69, 9.17) is 4.74 Å². The van der Waals surface area contributed by atoms with Crippen LogP contribution >= 0.6 is 0 Å². The molecule has 0 heterocycles. The fourth-order valence-electron chi connectivity index (χ4n) is 2.46. The van der Waals surface area contributed by atoms with E-state index in [-0.39, 0.29) is 12.1 Å². The average Bonchev–Trinajstić information content (AvgIpc) is 2.61. The lowest BCUT2D eigenvalue weighted by molar-refractivity contribution is 0.0602. The summed E-state index contributed by atoms with van der Waals surface area (Å²) in [5.41, 5.74) is 1.38. The van der Waals surface area contributed by atoms with Gasteiger partial charge in [0.15, 0.2) is 0 Å². The molecular formula is C18H20N2O5S. The van der Waals surface area contributed by atoms with Gasteiger partial charge in [-0.15, -0.1) is 0 Å². The van der Waals surface area contributed by atoms with Crippen LogP contribution in [0.3, 0.4) is 0 Å². The van der Waals surface area contributed by atoms with Crippen molar-refractivity contribution in [3.8, 4) is 0 Å². The van der Waals surface area contributed by atoms with Crippen molar-refractivity contribution in [2.75, 3.05) is 29.5 Å². The second kappa shape index (κ2) is 8.01. The molecule has 7 nitrogen and oxygen atoms in total. The highest BCUT2D eigenvalue weighted by Gasteiger charge is 2.17. The average molecular weight is 376 g/mol. The van der Waals surface area contributed by atoms with Gasteiger partial charge in [-0.2, -0.15) is 0 Å². The molecule has 26 heavy (non-hydrogen) atoms. The first-order chi connectivity index (χ1) is 12.3. The van der Waals surface area contributed by atoms with E-state index in [1.165, 1.54) is 23.5 Å².